The minimum absolute atomic E-state index is 0.156. The second-order valence-electron chi connectivity index (χ2n) is 7.83. The Labute approximate surface area is 188 Å². The van der Waals surface area contributed by atoms with Crippen LogP contribution in [0.5, 0.6) is 0 Å². The molecule has 0 spiro atoms. The molecule has 1 N–H and O–H groups in total. The van der Waals surface area contributed by atoms with Gasteiger partial charge in [0.05, 0.1) is 24.8 Å². The van der Waals surface area contributed by atoms with E-state index < -0.39 is 0 Å². The van der Waals surface area contributed by atoms with Crippen LogP contribution >= 0.6 is 0 Å². The molecule has 0 bridgehead atoms. The van der Waals surface area contributed by atoms with Crippen molar-refractivity contribution >= 4 is 18.1 Å². The van der Waals surface area contributed by atoms with Crippen molar-refractivity contribution in [1.82, 2.24) is 9.99 Å². The summed E-state index contributed by atoms with van der Waals surface area (Å²) in [6.45, 7) is 10.2. The van der Waals surface area contributed by atoms with E-state index >= 15 is 0 Å². The summed E-state index contributed by atoms with van der Waals surface area (Å²) in [5.41, 5.74) is 10.3. The van der Waals surface area contributed by atoms with Gasteiger partial charge in [-0.25, -0.2) is 10.2 Å². The third-order valence-electron chi connectivity index (χ3n) is 5.35. The second kappa shape index (κ2) is 10.1. The van der Waals surface area contributed by atoms with Gasteiger partial charge in [0.2, 0.25) is 5.91 Å². The quantitative estimate of drug-likeness (QED) is 0.338. The Morgan fingerprint density at radius 1 is 1.03 bits per heavy atom. The number of hydrazone groups is 1. The molecule has 0 fully saturated rings. The molecular formula is C26H29N3O3. The first kappa shape index (κ1) is 23.0. The van der Waals surface area contributed by atoms with Gasteiger partial charge in [-0.3, -0.25) is 4.79 Å². The number of amides is 1. The lowest BCUT2D eigenvalue weighted by molar-refractivity contribution is -0.120. The number of hydrogen-bond acceptors (Lipinski definition) is 4. The van der Waals surface area contributed by atoms with Gasteiger partial charge in [0.1, 0.15) is 0 Å². The largest absolute Gasteiger partial charge is 0.462 e. The van der Waals surface area contributed by atoms with Gasteiger partial charge in [-0.2, -0.15) is 5.10 Å². The average Bonchev–Trinajstić information content (AvgIpc) is 3.03. The molecule has 3 rings (SSSR count). The van der Waals surface area contributed by atoms with E-state index in [0.29, 0.717) is 12.2 Å². The van der Waals surface area contributed by atoms with E-state index in [4.69, 9.17) is 4.74 Å². The molecular weight excluding hydrogens is 402 g/mol. The number of carbonyl (C=O) groups is 2. The van der Waals surface area contributed by atoms with Crippen LogP contribution < -0.4 is 5.43 Å². The lowest BCUT2D eigenvalue weighted by Gasteiger charge is -2.10. The number of rotatable bonds is 7. The summed E-state index contributed by atoms with van der Waals surface area (Å²) >= 11 is 0. The summed E-state index contributed by atoms with van der Waals surface area (Å²) in [5, 5.41) is 4.15. The third-order valence-corrected chi connectivity index (χ3v) is 5.35. The number of nitrogens with zero attached hydrogens (tertiary/aromatic N) is 2. The first-order valence-corrected chi connectivity index (χ1v) is 10.6. The molecule has 6 nitrogen and oxygen atoms in total. The van der Waals surface area contributed by atoms with Crippen LogP contribution in [0.25, 0.3) is 5.69 Å². The van der Waals surface area contributed by atoms with Crippen molar-refractivity contribution in [2.45, 2.75) is 41.0 Å². The Kier molecular flexibility index (Phi) is 7.25. The van der Waals surface area contributed by atoms with Gasteiger partial charge in [-0.15, -0.1) is 0 Å². The van der Waals surface area contributed by atoms with Gasteiger partial charge >= 0.3 is 5.97 Å². The van der Waals surface area contributed by atoms with Crippen molar-refractivity contribution in [1.29, 1.82) is 0 Å². The maximum atomic E-state index is 12.3. The van der Waals surface area contributed by atoms with E-state index in [2.05, 4.69) is 21.2 Å². The van der Waals surface area contributed by atoms with Gasteiger partial charge in [-0.05, 0) is 76.1 Å². The van der Waals surface area contributed by atoms with Crippen LogP contribution in [0.4, 0.5) is 0 Å². The first-order chi connectivity index (χ1) is 15.3. The Bertz CT molecular complexity index is 1160. The van der Waals surface area contributed by atoms with Crippen molar-refractivity contribution in [3.63, 3.8) is 0 Å². The van der Waals surface area contributed by atoms with Crippen molar-refractivity contribution in [3.8, 4) is 5.69 Å². The fourth-order valence-corrected chi connectivity index (χ4v) is 3.71. The highest BCUT2D eigenvalue weighted by Crippen LogP contribution is 2.20. The molecule has 166 valence electrons. The monoisotopic (exact) mass is 431 g/mol. The predicted molar refractivity (Wildman–Crippen MR) is 127 cm³/mol. The van der Waals surface area contributed by atoms with Crippen molar-refractivity contribution in [2.75, 3.05) is 6.61 Å². The molecule has 1 aromatic heterocycles. The lowest BCUT2D eigenvalue weighted by atomic mass is 10.0. The molecule has 3 aromatic rings. The summed E-state index contributed by atoms with van der Waals surface area (Å²) in [6, 6.07) is 15.4. The van der Waals surface area contributed by atoms with Crippen molar-refractivity contribution in [2.24, 2.45) is 5.10 Å². The molecule has 0 aliphatic carbocycles. The standard InChI is InChI=1S/C26H29N3O3/c1-6-32-26(31)21-9-11-24(12-10-21)29-19(4)14-23(20(29)5)16-27-28-25(30)15-22-8-7-17(2)13-18(22)3/h7-14,16H,6,15H2,1-5H3,(H,28,30)/b27-16-. The van der Waals surface area contributed by atoms with E-state index in [9.17, 15) is 9.59 Å². The zero-order chi connectivity index (χ0) is 23.3. The van der Waals surface area contributed by atoms with Gasteiger partial charge in [0, 0.05) is 22.6 Å². The van der Waals surface area contributed by atoms with Crippen LogP contribution in [-0.4, -0.2) is 29.3 Å². The second-order valence-corrected chi connectivity index (χ2v) is 7.83. The Morgan fingerprint density at radius 2 is 1.75 bits per heavy atom. The smallest absolute Gasteiger partial charge is 0.338 e. The van der Waals surface area contributed by atoms with E-state index in [0.717, 1.165) is 33.8 Å². The molecule has 1 amide bonds. The number of esters is 1. The van der Waals surface area contributed by atoms with Crippen LogP contribution in [0.3, 0.4) is 0 Å². The van der Waals surface area contributed by atoms with Crippen LogP contribution in [-0.2, 0) is 16.0 Å². The highest BCUT2D eigenvalue weighted by atomic mass is 16.5. The van der Waals surface area contributed by atoms with Crippen LogP contribution in [0.2, 0.25) is 0 Å². The molecule has 0 radical (unpaired) electrons. The summed E-state index contributed by atoms with van der Waals surface area (Å²) in [7, 11) is 0. The van der Waals surface area contributed by atoms with Gasteiger partial charge in [-0.1, -0.05) is 23.8 Å². The Morgan fingerprint density at radius 3 is 2.41 bits per heavy atom. The fourth-order valence-electron chi connectivity index (χ4n) is 3.71. The molecule has 0 saturated heterocycles. The normalized spacial score (nSPS) is 11.0. The number of nitrogens with one attached hydrogen (secondary N) is 1. The fraction of sp³-hybridized carbons (Fsp3) is 0.269. The van der Waals surface area contributed by atoms with E-state index in [1.807, 2.05) is 58.0 Å². The lowest BCUT2D eigenvalue weighted by Crippen LogP contribution is -2.20. The van der Waals surface area contributed by atoms with E-state index in [1.165, 1.54) is 5.56 Å². The van der Waals surface area contributed by atoms with Crippen molar-refractivity contribution < 1.29 is 14.3 Å². The number of ether oxygens (including phenoxy) is 1. The number of hydrogen-bond donors (Lipinski definition) is 1. The molecule has 0 saturated carbocycles. The van der Waals surface area contributed by atoms with Gasteiger partial charge < -0.3 is 9.30 Å². The Hall–Kier alpha value is -3.67. The summed E-state index contributed by atoms with van der Waals surface area (Å²) < 4.78 is 7.12. The molecule has 2 aromatic carbocycles. The summed E-state index contributed by atoms with van der Waals surface area (Å²) in [4.78, 5) is 24.2. The van der Waals surface area contributed by atoms with Gasteiger partial charge in [0.25, 0.3) is 0 Å². The topological polar surface area (TPSA) is 72.7 Å². The zero-order valence-corrected chi connectivity index (χ0v) is 19.2. The molecule has 0 atom stereocenters. The van der Waals surface area contributed by atoms with Crippen LogP contribution in [0, 0.1) is 27.7 Å². The van der Waals surface area contributed by atoms with E-state index in [-0.39, 0.29) is 18.3 Å². The summed E-state index contributed by atoms with van der Waals surface area (Å²) in [5.74, 6) is -0.485. The first-order valence-electron chi connectivity index (χ1n) is 10.6. The highest BCUT2D eigenvalue weighted by Gasteiger charge is 2.12. The third kappa shape index (κ3) is 5.32. The molecule has 0 unspecified atom stereocenters. The SMILES string of the molecule is CCOC(=O)c1ccc(-n2c(C)cc(/C=N\NC(=O)Cc3ccc(C)cc3C)c2C)cc1. The summed E-state index contributed by atoms with van der Waals surface area (Å²) in [6.07, 6.45) is 1.95. The highest BCUT2D eigenvalue weighted by molar-refractivity contribution is 5.89. The van der Waals surface area contributed by atoms with Crippen molar-refractivity contribution in [3.05, 3.63) is 87.7 Å². The van der Waals surface area contributed by atoms with Crippen LogP contribution in [0.15, 0.2) is 53.6 Å². The van der Waals surface area contributed by atoms with Crippen LogP contribution in [0.1, 0.15) is 50.9 Å². The van der Waals surface area contributed by atoms with Gasteiger partial charge in [0.15, 0.2) is 0 Å². The zero-order valence-electron chi connectivity index (χ0n) is 19.2. The number of benzene rings is 2. The molecule has 6 heteroatoms. The predicted octanol–water partition coefficient (Wildman–Crippen LogP) is 4.58. The molecule has 32 heavy (non-hydrogen) atoms. The molecule has 1 heterocycles. The number of carbonyl (C=O) groups excluding carboxylic acids is 2. The minimum atomic E-state index is -0.329. The number of aryl methyl sites for hydroxylation is 3. The maximum absolute atomic E-state index is 12.3. The maximum Gasteiger partial charge on any atom is 0.338 e. The molecule has 0 aliphatic rings. The van der Waals surface area contributed by atoms with E-state index in [1.54, 1.807) is 25.3 Å². The Balaban J connectivity index is 1.69. The minimum Gasteiger partial charge on any atom is -0.462 e. The average molecular weight is 432 g/mol. The molecule has 0 aliphatic heterocycles. The number of aromatic nitrogens is 1.